The Labute approximate surface area is 478 Å². The van der Waals surface area contributed by atoms with Crippen molar-refractivity contribution in [3.63, 3.8) is 0 Å². The van der Waals surface area contributed by atoms with E-state index < -0.39 is 81.8 Å². The molecule has 6 aliphatic heterocycles. The lowest BCUT2D eigenvalue weighted by molar-refractivity contribution is -0.144. The van der Waals surface area contributed by atoms with Crippen molar-refractivity contribution in [3.8, 4) is 0 Å². The number of hydrogen-bond acceptors (Lipinski definition) is 22. The first-order chi connectivity index (χ1) is 39.2. The number of hydroxylamine groups is 3. The van der Waals surface area contributed by atoms with E-state index >= 15 is 0 Å². The molecule has 9 rings (SSSR count). The standard InChI is InChI=1S/C24H34FN3O8.C15H19FN2O6S.C14H18FN3O4/c1-23(2,3)34-21(30)28(36-22(31)35-24(4,5)6)15-17-14-27(20(29)33-17)16-7-8-19(18(25)13-16)26-9-11-32-12-10-26;1-25(20,21)23-10-12-9-18(15(19)24-12)11-2-3-14(13(16)8-11)17-4-6-22-7-5-17;15-12-7-10(18-9-11(8-16-20)22-14(18)19)1-2-13(12)17-3-5-21-6-4-17/h7-8,13,17H,9-12,14-15H2,1-6H3;2-3,8,12H,4-7,9-10H2,1H3;1-2,7,11,16,20H,3-6,8-9H2/t17-;12-;11-/m110/s1. The van der Waals surface area contributed by atoms with Gasteiger partial charge in [0.05, 0.1) is 106 Å². The summed E-state index contributed by atoms with van der Waals surface area (Å²) in [5.41, 5.74) is 2.72. The predicted octanol–water partition coefficient (Wildman–Crippen LogP) is 6.02. The molecule has 6 heterocycles. The van der Waals surface area contributed by atoms with E-state index in [1.54, 1.807) is 77.9 Å². The largest absolute Gasteiger partial charge is 0.534 e. The summed E-state index contributed by atoms with van der Waals surface area (Å²) >= 11 is 0. The molecular formula is C53H71F3N8O18S. The van der Waals surface area contributed by atoms with Crippen LogP contribution in [0.25, 0.3) is 0 Å². The third-order valence-electron chi connectivity index (χ3n) is 12.7. The Morgan fingerprint density at radius 2 is 0.964 bits per heavy atom. The van der Waals surface area contributed by atoms with Gasteiger partial charge in [-0.05, 0) is 96.1 Å². The monoisotopic (exact) mass is 1200 g/mol. The maximum absolute atomic E-state index is 14.9. The van der Waals surface area contributed by atoms with Crippen LogP contribution in [0.4, 0.5) is 71.3 Å². The summed E-state index contributed by atoms with van der Waals surface area (Å²) in [6.45, 7) is 16.7. The predicted molar refractivity (Wildman–Crippen MR) is 292 cm³/mol. The molecule has 3 atom stereocenters. The number of nitrogens with one attached hydrogen (secondary N) is 1. The Morgan fingerprint density at radius 1 is 0.602 bits per heavy atom. The summed E-state index contributed by atoms with van der Waals surface area (Å²) < 4.78 is 112. The van der Waals surface area contributed by atoms with Crippen molar-refractivity contribution in [2.75, 3.05) is 154 Å². The van der Waals surface area contributed by atoms with Crippen LogP contribution in [-0.4, -0.2) is 203 Å². The van der Waals surface area contributed by atoms with Crippen LogP contribution in [-0.2, 0) is 57.0 Å². The van der Waals surface area contributed by atoms with Crippen molar-refractivity contribution in [1.82, 2.24) is 10.5 Å². The summed E-state index contributed by atoms with van der Waals surface area (Å²) in [6.07, 6.45) is -5.15. The molecule has 0 spiro atoms. The molecule has 0 saturated carbocycles. The van der Waals surface area contributed by atoms with Crippen molar-refractivity contribution in [2.45, 2.75) is 71.1 Å². The van der Waals surface area contributed by atoms with E-state index in [-0.39, 0.29) is 45.1 Å². The van der Waals surface area contributed by atoms with Crippen molar-refractivity contribution in [2.24, 2.45) is 0 Å². The molecule has 30 heteroatoms. The third-order valence-corrected chi connectivity index (χ3v) is 13.3. The van der Waals surface area contributed by atoms with Gasteiger partial charge in [0.2, 0.25) is 0 Å². The number of anilines is 6. The minimum atomic E-state index is -3.62. The fourth-order valence-electron chi connectivity index (χ4n) is 8.97. The molecule has 6 saturated heterocycles. The second-order valence-electron chi connectivity index (χ2n) is 21.5. The average Bonchev–Trinajstić information content (AvgIpc) is 4.38. The highest BCUT2D eigenvalue weighted by Crippen LogP contribution is 2.32. The molecule has 6 aliphatic rings. The van der Waals surface area contributed by atoms with Crippen LogP contribution in [0, 0.1) is 17.5 Å². The van der Waals surface area contributed by atoms with Gasteiger partial charge in [0.15, 0.2) is 0 Å². The van der Waals surface area contributed by atoms with Gasteiger partial charge in [0.25, 0.3) is 10.1 Å². The molecule has 0 radical (unpaired) electrons. The fraction of sp³-hybridized carbons (Fsp3) is 0.566. The van der Waals surface area contributed by atoms with E-state index in [2.05, 4.69) is 4.18 Å². The number of rotatable bonds is 13. The number of nitrogens with zero attached hydrogens (tertiary/aromatic N) is 7. The van der Waals surface area contributed by atoms with Gasteiger partial charge >= 0.3 is 30.5 Å². The molecule has 3 aromatic rings. The Kier molecular flexibility index (Phi) is 21.4. The van der Waals surface area contributed by atoms with Crippen LogP contribution in [0.15, 0.2) is 54.6 Å². The van der Waals surface area contributed by atoms with Gasteiger partial charge in [-0.3, -0.25) is 18.9 Å². The highest BCUT2D eigenvalue weighted by Gasteiger charge is 2.39. The highest BCUT2D eigenvalue weighted by atomic mass is 32.2. The lowest BCUT2D eigenvalue weighted by Crippen LogP contribution is -2.44. The maximum Gasteiger partial charge on any atom is 0.534 e. The van der Waals surface area contributed by atoms with Crippen LogP contribution in [0.1, 0.15) is 41.5 Å². The number of carbonyl (C=O) groups excluding carboxylic acids is 5. The molecular weight excluding hydrogens is 1130 g/mol. The Bertz CT molecular complexity index is 2870. The van der Waals surface area contributed by atoms with Crippen LogP contribution in [0.2, 0.25) is 0 Å². The van der Waals surface area contributed by atoms with Gasteiger partial charge < -0.3 is 62.6 Å². The molecule has 2 N–H and O–H groups in total. The Hall–Kier alpha value is -7.09. The van der Waals surface area contributed by atoms with E-state index in [9.17, 15) is 45.6 Å². The number of benzene rings is 3. The zero-order chi connectivity index (χ0) is 60.2. The molecule has 83 heavy (non-hydrogen) atoms. The number of halogens is 3. The lowest BCUT2D eigenvalue weighted by Gasteiger charge is -2.29. The summed E-state index contributed by atoms with van der Waals surface area (Å²) in [4.78, 5) is 75.8. The topological polar surface area (TPSA) is 267 Å². The SMILES string of the molecule is CC(C)(C)OC(=O)ON(C[C@H]1CN(c2ccc(N3CCOCC3)c(F)c2)C(=O)O1)C(=O)OC(C)(C)C.CS(=O)(=O)OC[C@H]1CN(c2ccc(N3CCOCC3)c(F)c2)C(=O)O1.O=C1O[C@@H](CNO)CN1c1ccc(N2CCOCC2)c(F)c1. The maximum atomic E-state index is 14.9. The van der Waals surface area contributed by atoms with E-state index in [4.69, 9.17) is 47.9 Å². The van der Waals surface area contributed by atoms with Crippen molar-refractivity contribution in [3.05, 3.63) is 72.0 Å². The Balaban J connectivity index is 0.000000186. The minimum Gasteiger partial charge on any atom is -0.442 e. The minimum absolute atomic E-state index is 0.00779. The first-order valence-corrected chi connectivity index (χ1v) is 28.5. The smallest absolute Gasteiger partial charge is 0.442 e. The zero-order valence-corrected chi connectivity index (χ0v) is 48.0. The number of ether oxygens (including phenoxy) is 8. The molecule has 458 valence electrons. The summed E-state index contributed by atoms with van der Waals surface area (Å²) in [5, 5.41) is 9.31. The van der Waals surface area contributed by atoms with Crippen LogP contribution in [0.3, 0.4) is 0 Å². The van der Waals surface area contributed by atoms with Crippen LogP contribution >= 0.6 is 0 Å². The molecule has 3 aromatic carbocycles. The number of carbonyl (C=O) groups is 5. The zero-order valence-electron chi connectivity index (χ0n) is 47.2. The third kappa shape index (κ3) is 18.5. The van der Waals surface area contributed by atoms with E-state index in [1.807, 2.05) is 20.2 Å². The molecule has 0 aliphatic carbocycles. The van der Waals surface area contributed by atoms with E-state index in [0.29, 0.717) is 118 Å². The molecule has 4 amide bonds. The van der Waals surface area contributed by atoms with Gasteiger partial charge in [-0.1, -0.05) is 0 Å². The number of amides is 4. The summed E-state index contributed by atoms with van der Waals surface area (Å²) in [6, 6.07) is 13.7. The number of morpholine rings is 3. The first-order valence-electron chi connectivity index (χ1n) is 26.7. The second kappa shape index (κ2) is 28.0. The second-order valence-corrected chi connectivity index (χ2v) is 23.1. The van der Waals surface area contributed by atoms with E-state index in [1.165, 1.54) is 32.9 Å². The Morgan fingerprint density at radius 3 is 1.33 bits per heavy atom. The molecule has 0 bridgehead atoms. The van der Waals surface area contributed by atoms with Gasteiger partial charge in [-0.2, -0.15) is 8.42 Å². The van der Waals surface area contributed by atoms with Crippen molar-refractivity contribution < 1.29 is 97.7 Å². The van der Waals surface area contributed by atoms with Gasteiger partial charge in [-0.25, -0.2) is 42.6 Å². The van der Waals surface area contributed by atoms with E-state index in [0.717, 1.165) is 6.26 Å². The van der Waals surface area contributed by atoms with Gasteiger partial charge in [-0.15, -0.1) is 5.06 Å². The van der Waals surface area contributed by atoms with Crippen molar-refractivity contribution >= 4 is 74.8 Å². The van der Waals surface area contributed by atoms with Crippen LogP contribution < -0.4 is 34.9 Å². The summed E-state index contributed by atoms with van der Waals surface area (Å²) in [5.74, 6) is -1.30. The summed E-state index contributed by atoms with van der Waals surface area (Å²) in [7, 11) is -3.62. The number of cyclic esters (lactones) is 3. The first kappa shape index (κ1) is 63.5. The van der Waals surface area contributed by atoms with Gasteiger partial charge in [0.1, 0.15) is 60.1 Å². The average molecular weight is 1200 g/mol. The quantitative estimate of drug-likeness (QED) is 0.0857. The molecule has 26 nitrogen and oxygen atoms in total. The van der Waals surface area contributed by atoms with Gasteiger partial charge in [0, 0.05) is 39.3 Å². The molecule has 0 aromatic heterocycles. The highest BCUT2D eigenvalue weighted by molar-refractivity contribution is 7.86. The molecule has 0 unspecified atom stereocenters. The van der Waals surface area contributed by atoms with Crippen LogP contribution in [0.5, 0.6) is 0 Å². The fourth-order valence-corrected chi connectivity index (χ4v) is 9.36. The number of hydrogen-bond donors (Lipinski definition) is 2. The lowest BCUT2D eigenvalue weighted by atomic mass is 10.2. The van der Waals surface area contributed by atoms with Crippen molar-refractivity contribution in [1.29, 1.82) is 0 Å². The molecule has 6 fully saturated rings. The normalized spacial score (nSPS) is 20.4.